The first kappa shape index (κ1) is 17.5. The normalized spacial score (nSPS) is 15.2. The van der Waals surface area contributed by atoms with Crippen molar-refractivity contribution in [1.29, 1.82) is 0 Å². The molecule has 27 heavy (non-hydrogen) atoms. The summed E-state index contributed by atoms with van der Waals surface area (Å²) in [4.78, 5) is 9.34. The average Bonchev–Trinajstić information content (AvgIpc) is 3.19. The summed E-state index contributed by atoms with van der Waals surface area (Å²) >= 11 is 0. The zero-order valence-corrected chi connectivity index (χ0v) is 15.3. The van der Waals surface area contributed by atoms with Gasteiger partial charge in [0.1, 0.15) is 5.75 Å². The Morgan fingerprint density at radius 2 is 1.67 bits per heavy atom. The second kappa shape index (κ2) is 8.22. The molecule has 0 radical (unpaired) electrons. The molecule has 0 atom stereocenters. The fraction of sp³-hybridized carbons (Fsp3) is 0.333. The molecule has 0 unspecified atom stereocenters. The lowest BCUT2D eigenvalue weighted by molar-refractivity contribution is 0.251. The maximum Gasteiger partial charge on any atom is 0.227 e. The minimum Gasteiger partial charge on any atom is -0.508 e. The van der Waals surface area contributed by atoms with E-state index in [9.17, 15) is 5.11 Å². The van der Waals surface area contributed by atoms with Crippen LogP contribution in [0.4, 0.5) is 5.69 Å². The van der Waals surface area contributed by atoms with Gasteiger partial charge in [0, 0.05) is 43.9 Å². The Hall–Kier alpha value is -2.86. The Morgan fingerprint density at radius 3 is 2.41 bits per heavy atom. The highest BCUT2D eigenvalue weighted by Crippen LogP contribution is 2.20. The van der Waals surface area contributed by atoms with Gasteiger partial charge >= 0.3 is 0 Å². The molecule has 6 nitrogen and oxygen atoms in total. The van der Waals surface area contributed by atoms with Gasteiger partial charge in [-0.2, -0.15) is 4.98 Å². The second-order valence-corrected chi connectivity index (χ2v) is 6.83. The first-order chi connectivity index (χ1) is 13.3. The minimum absolute atomic E-state index is 0.314. The van der Waals surface area contributed by atoms with E-state index in [4.69, 9.17) is 4.52 Å². The molecular weight excluding hydrogens is 340 g/mol. The van der Waals surface area contributed by atoms with Crippen LogP contribution in [0.1, 0.15) is 12.3 Å². The highest BCUT2D eigenvalue weighted by Gasteiger charge is 2.17. The molecule has 6 heteroatoms. The lowest BCUT2D eigenvalue weighted by Gasteiger charge is -2.36. The van der Waals surface area contributed by atoms with Crippen LogP contribution in [0, 0.1) is 0 Å². The summed E-state index contributed by atoms with van der Waals surface area (Å²) in [6.07, 6.45) is 1.81. The Kier molecular flexibility index (Phi) is 5.34. The monoisotopic (exact) mass is 364 g/mol. The van der Waals surface area contributed by atoms with Gasteiger partial charge in [-0.3, -0.25) is 4.90 Å². The molecule has 2 heterocycles. The minimum atomic E-state index is 0.314. The number of hydrogen-bond acceptors (Lipinski definition) is 6. The van der Waals surface area contributed by atoms with E-state index in [0.717, 1.165) is 51.1 Å². The van der Waals surface area contributed by atoms with Crippen LogP contribution >= 0.6 is 0 Å². The van der Waals surface area contributed by atoms with Gasteiger partial charge in [0.05, 0.1) is 0 Å². The van der Waals surface area contributed by atoms with Crippen molar-refractivity contribution in [1.82, 2.24) is 15.0 Å². The van der Waals surface area contributed by atoms with Crippen LogP contribution in [0.5, 0.6) is 5.75 Å². The molecule has 140 valence electrons. The number of aryl methyl sites for hydroxylation is 1. The predicted molar refractivity (Wildman–Crippen MR) is 105 cm³/mol. The summed E-state index contributed by atoms with van der Waals surface area (Å²) in [5, 5.41) is 13.5. The smallest absolute Gasteiger partial charge is 0.227 e. The van der Waals surface area contributed by atoms with Crippen molar-refractivity contribution in [2.75, 3.05) is 37.6 Å². The summed E-state index contributed by atoms with van der Waals surface area (Å²) in [5.74, 6) is 1.68. The number of piperazine rings is 1. The molecule has 1 aromatic heterocycles. The van der Waals surface area contributed by atoms with Crippen LogP contribution in [0.2, 0.25) is 0 Å². The van der Waals surface area contributed by atoms with E-state index in [-0.39, 0.29) is 0 Å². The van der Waals surface area contributed by atoms with Crippen molar-refractivity contribution in [3.63, 3.8) is 0 Å². The molecule has 0 saturated carbocycles. The fourth-order valence-electron chi connectivity index (χ4n) is 3.41. The van der Waals surface area contributed by atoms with Gasteiger partial charge in [-0.25, -0.2) is 0 Å². The number of aromatic hydroxyl groups is 1. The van der Waals surface area contributed by atoms with Crippen molar-refractivity contribution in [2.24, 2.45) is 0 Å². The summed E-state index contributed by atoms with van der Waals surface area (Å²) in [6.45, 7) is 5.12. The molecule has 1 N–H and O–H groups in total. The quantitative estimate of drug-likeness (QED) is 0.725. The van der Waals surface area contributed by atoms with Gasteiger partial charge in [-0.15, -0.1) is 0 Å². The number of phenols is 1. The first-order valence-electron chi connectivity index (χ1n) is 9.42. The SMILES string of the molecule is Oc1ccc(N2CCN(CCCc3nc(-c4ccccc4)no3)CC2)cc1. The van der Waals surface area contributed by atoms with Crippen LogP contribution in [0.15, 0.2) is 59.1 Å². The summed E-state index contributed by atoms with van der Waals surface area (Å²) < 4.78 is 5.38. The topological polar surface area (TPSA) is 65.6 Å². The number of benzene rings is 2. The molecule has 0 aliphatic carbocycles. The summed E-state index contributed by atoms with van der Waals surface area (Å²) in [7, 11) is 0. The van der Waals surface area contributed by atoms with Gasteiger partial charge < -0.3 is 14.5 Å². The fourth-order valence-corrected chi connectivity index (χ4v) is 3.41. The third kappa shape index (κ3) is 4.46. The number of aromatic nitrogens is 2. The van der Waals surface area contributed by atoms with Gasteiger partial charge in [0.15, 0.2) is 0 Å². The summed E-state index contributed by atoms with van der Waals surface area (Å²) in [5.41, 5.74) is 2.16. The molecule has 0 amide bonds. The molecule has 0 bridgehead atoms. The van der Waals surface area contributed by atoms with Crippen molar-refractivity contribution in [3.8, 4) is 17.1 Å². The molecule has 4 rings (SSSR count). The van der Waals surface area contributed by atoms with Crippen LogP contribution in [-0.4, -0.2) is 52.9 Å². The third-order valence-corrected chi connectivity index (χ3v) is 4.95. The molecule has 1 aliphatic heterocycles. The zero-order chi connectivity index (χ0) is 18.5. The van der Waals surface area contributed by atoms with Gasteiger partial charge in [-0.1, -0.05) is 35.5 Å². The lowest BCUT2D eigenvalue weighted by atomic mass is 10.2. The molecule has 2 aromatic carbocycles. The Morgan fingerprint density at radius 1 is 0.926 bits per heavy atom. The number of anilines is 1. The Bertz CT molecular complexity index is 840. The van der Waals surface area contributed by atoms with Crippen molar-refractivity contribution < 1.29 is 9.63 Å². The van der Waals surface area contributed by atoms with E-state index >= 15 is 0 Å². The number of phenolic OH excluding ortho intramolecular Hbond substituents is 1. The highest BCUT2D eigenvalue weighted by atomic mass is 16.5. The van der Waals surface area contributed by atoms with E-state index in [1.165, 1.54) is 5.69 Å². The highest BCUT2D eigenvalue weighted by molar-refractivity contribution is 5.53. The lowest BCUT2D eigenvalue weighted by Crippen LogP contribution is -2.46. The van der Waals surface area contributed by atoms with Gasteiger partial charge in [0.25, 0.3) is 0 Å². The molecule has 1 saturated heterocycles. The van der Waals surface area contributed by atoms with E-state index in [1.807, 2.05) is 42.5 Å². The number of rotatable bonds is 6. The van der Waals surface area contributed by atoms with Crippen molar-refractivity contribution in [2.45, 2.75) is 12.8 Å². The third-order valence-electron chi connectivity index (χ3n) is 4.95. The first-order valence-corrected chi connectivity index (χ1v) is 9.42. The number of nitrogens with zero attached hydrogens (tertiary/aromatic N) is 4. The van der Waals surface area contributed by atoms with Gasteiger partial charge in [-0.05, 0) is 37.2 Å². The zero-order valence-electron chi connectivity index (χ0n) is 15.3. The van der Waals surface area contributed by atoms with Crippen LogP contribution in [-0.2, 0) is 6.42 Å². The van der Waals surface area contributed by atoms with Crippen LogP contribution in [0.25, 0.3) is 11.4 Å². The van der Waals surface area contributed by atoms with Crippen molar-refractivity contribution >= 4 is 5.69 Å². The van der Waals surface area contributed by atoms with Crippen molar-refractivity contribution in [3.05, 3.63) is 60.5 Å². The second-order valence-electron chi connectivity index (χ2n) is 6.83. The standard InChI is InChI=1S/C21H24N4O2/c26-19-10-8-18(9-11-19)25-15-13-24(14-16-25)12-4-7-20-22-21(23-27-20)17-5-2-1-3-6-17/h1-3,5-6,8-11,26H,4,7,12-16H2. The number of hydrogen-bond donors (Lipinski definition) is 1. The molecule has 0 spiro atoms. The summed E-state index contributed by atoms with van der Waals surface area (Å²) in [6, 6.07) is 17.4. The van der Waals surface area contributed by atoms with Crippen LogP contribution in [0.3, 0.4) is 0 Å². The molecule has 1 fully saturated rings. The van der Waals surface area contributed by atoms with Crippen LogP contribution < -0.4 is 4.90 Å². The molecular formula is C21H24N4O2. The Labute approximate surface area is 159 Å². The molecule has 1 aliphatic rings. The Balaban J connectivity index is 1.22. The van der Waals surface area contributed by atoms with E-state index in [2.05, 4.69) is 19.9 Å². The van der Waals surface area contributed by atoms with E-state index in [1.54, 1.807) is 12.1 Å². The maximum absolute atomic E-state index is 9.41. The van der Waals surface area contributed by atoms with Gasteiger partial charge in [0.2, 0.25) is 11.7 Å². The van der Waals surface area contributed by atoms with E-state index in [0.29, 0.717) is 17.5 Å². The average molecular weight is 364 g/mol. The molecule has 3 aromatic rings. The maximum atomic E-state index is 9.41. The predicted octanol–water partition coefficient (Wildman–Crippen LogP) is 3.20. The van der Waals surface area contributed by atoms with E-state index < -0.39 is 0 Å². The largest absolute Gasteiger partial charge is 0.508 e.